The van der Waals surface area contributed by atoms with Crippen LogP contribution >= 0.6 is 0 Å². The van der Waals surface area contributed by atoms with Crippen molar-refractivity contribution < 1.29 is 115 Å². The molecule has 0 aliphatic carbocycles. The van der Waals surface area contributed by atoms with Crippen LogP contribution in [0.4, 0.5) is 105 Å². The topological polar surface area (TPSA) is 24.9 Å². The predicted molar refractivity (Wildman–Crippen MR) is 65.2 cm³/mol. The molecule has 2 fully saturated rings. The Hall–Kier alpha value is -1.84. The number of hydrogen-bond donors (Lipinski definition) is 0. The third kappa shape index (κ3) is 3.75. The molecule has 0 aromatic carbocycles. The highest BCUT2D eigenvalue weighted by molar-refractivity contribution is 5.15. The molecular weight excluding hydrogens is 660 g/mol. The van der Waals surface area contributed by atoms with Gasteiger partial charge in [-0.05, 0) is 0 Å². The SMILES string of the molecule is FC(F)(F)C(F)(F)C(F)(F)C(F)(N1C(F)(F)C(F)(F)OC(F)(F)C1(F)F)N1C(F)(F)C(F)(F)OC(F)(F)C1(F)F. The predicted octanol–water partition coefficient (Wildman–Crippen LogP) is 6.85. The number of nitrogens with zero attached hydrogens (tertiary/aromatic N) is 2. The van der Waals surface area contributed by atoms with E-state index in [9.17, 15) is 101 Å². The van der Waals surface area contributed by atoms with Crippen LogP contribution in [-0.2, 0) is 9.47 Å². The van der Waals surface area contributed by atoms with Crippen molar-refractivity contribution >= 4 is 0 Å². The Morgan fingerprint density at radius 2 is 0.550 bits per heavy atom. The molecule has 0 saturated carbocycles. The van der Waals surface area contributed by atoms with Gasteiger partial charge in [-0.15, -0.1) is 9.80 Å². The first-order valence-corrected chi connectivity index (χ1v) is 8.44. The van der Waals surface area contributed by atoms with Crippen LogP contribution in [0.1, 0.15) is 0 Å². The van der Waals surface area contributed by atoms with Gasteiger partial charge < -0.3 is 0 Å². The molecule has 0 unspecified atom stereocenters. The fourth-order valence-electron chi connectivity index (χ4n) is 2.94. The molecule has 238 valence electrons. The van der Waals surface area contributed by atoms with E-state index in [4.69, 9.17) is 0 Å². The monoisotopic (exact) mass is 660 g/mol. The maximum atomic E-state index is 15.5. The molecule has 2 aliphatic rings. The lowest BCUT2D eigenvalue weighted by molar-refractivity contribution is -0.637. The highest BCUT2D eigenvalue weighted by Gasteiger charge is 2.99. The normalized spacial score (nSPS) is 29.7. The number of ether oxygens (including phenoxy) is 2. The molecule has 2 rings (SSSR count). The van der Waals surface area contributed by atoms with Gasteiger partial charge in [-0.25, -0.2) is 9.47 Å². The molecule has 28 heteroatoms. The van der Waals surface area contributed by atoms with Crippen LogP contribution in [0.5, 0.6) is 0 Å². The van der Waals surface area contributed by atoms with Crippen LogP contribution < -0.4 is 0 Å². The lowest BCUT2D eigenvalue weighted by Gasteiger charge is -2.59. The second-order valence-electron chi connectivity index (χ2n) is 7.34. The summed E-state index contributed by atoms with van der Waals surface area (Å²) in [5.41, 5.74) is 0. The standard InChI is InChI=1S/C12F24N2O2/c13-1(14,3(17,18)19)2(15,16)12(36,37-4(20,21)8(28,29)39-9(30,31)5(37,22)23)38-6(24,25)10(32,33)40-11(34,35)7(38,26)27. The van der Waals surface area contributed by atoms with E-state index in [0.717, 1.165) is 0 Å². The molecule has 2 aliphatic heterocycles. The third-order valence-electron chi connectivity index (χ3n) is 4.78. The summed E-state index contributed by atoms with van der Waals surface area (Å²) in [6.07, 6.45) is -40.2. The van der Waals surface area contributed by atoms with Gasteiger partial charge in [0.05, 0.1) is 0 Å². The number of halogens is 24. The molecule has 40 heavy (non-hydrogen) atoms. The minimum atomic E-state index is -9.68. The van der Waals surface area contributed by atoms with E-state index in [-0.39, 0.29) is 0 Å². The van der Waals surface area contributed by atoms with Gasteiger partial charge in [0.15, 0.2) is 0 Å². The minimum absolute atomic E-state index is 1.41. The minimum Gasteiger partial charge on any atom is -0.243 e. The van der Waals surface area contributed by atoms with Gasteiger partial charge in [0.25, 0.3) is 0 Å². The smallest absolute Gasteiger partial charge is 0.243 e. The van der Waals surface area contributed by atoms with Gasteiger partial charge in [-0.2, -0.15) is 105 Å². The first kappa shape index (κ1) is 34.4. The van der Waals surface area contributed by atoms with E-state index < -0.39 is 82.4 Å². The van der Waals surface area contributed by atoms with Crippen molar-refractivity contribution in [1.29, 1.82) is 0 Å². The second-order valence-corrected chi connectivity index (χ2v) is 7.34. The van der Waals surface area contributed by atoms with Gasteiger partial charge >= 0.3 is 72.6 Å². The molecule has 0 radical (unpaired) electrons. The zero-order valence-electron chi connectivity index (χ0n) is 16.8. The third-order valence-corrected chi connectivity index (χ3v) is 4.78. The molecule has 0 amide bonds. The Labute approximate surface area is 198 Å². The van der Waals surface area contributed by atoms with E-state index >= 15 is 4.39 Å². The molecule has 0 aromatic heterocycles. The van der Waals surface area contributed by atoms with Gasteiger partial charge in [0.1, 0.15) is 0 Å². The number of hydrogen-bond acceptors (Lipinski definition) is 4. The van der Waals surface area contributed by atoms with Crippen molar-refractivity contribution in [1.82, 2.24) is 9.80 Å². The largest absolute Gasteiger partial charge is 0.460 e. The van der Waals surface area contributed by atoms with Gasteiger partial charge in [0.2, 0.25) is 0 Å². The summed E-state index contributed by atoms with van der Waals surface area (Å²) >= 11 is 0. The summed E-state index contributed by atoms with van der Waals surface area (Å²) in [5, 5.41) is 0. The molecule has 0 aromatic rings. The van der Waals surface area contributed by atoms with Crippen LogP contribution in [0.2, 0.25) is 0 Å². The first-order valence-electron chi connectivity index (χ1n) is 8.44. The summed E-state index contributed by atoms with van der Waals surface area (Å²) < 4.78 is 332. The summed E-state index contributed by atoms with van der Waals surface area (Å²) in [6, 6.07) is -34.4. The van der Waals surface area contributed by atoms with Gasteiger partial charge in [0, 0.05) is 0 Å². The van der Waals surface area contributed by atoms with E-state index in [0.29, 0.717) is 0 Å². The van der Waals surface area contributed by atoms with Crippen LogP contribution in [0.3, 0.4) is 0 Å². The van der Waals surface area contributed by atoms with E-state index in [1.807, 2.05) is 0 Å². The molecular formula is C12F24N2O2. The Kier molecular flexibility index (Phi) is 6.83. The Morgan fingerprint density at radius 3 is 0.725 bits per heavy atom. The second kappa shape index (κ2) is 7.95. The maximum Gasteiger partial charge on any atom is 0.460 e. The average molecular weight is 660 g/mol. The highest BCUT2D eigenvalue weighted by atomic mass is 19.4. The molecule has 0 bridgehead atoms. The van der Waals surface area contributed by atoms with Crippen molar-refractivity contribution in [3.05, 3.63) is 0 Å². The number of morpholine rings is 2. The van der Waals surface area contributed by atoms with Crippen molar-refractivity contribution in [3.8, 4) is 0 Å². The zero-order valence-corrected chi connectivity index (χ0v) is 16.8. The Morgan fingerprint density at radius 1 is 0.350 bits per heavy atom. The van der Waals surface area contributed by atoms with Crippen LogP contribution in [-0.4, -0.2) is 82.4 Å². The molecule has 0 spiro atoms. The average Bonchev–Trinajstić information content (AvgIpc) is 2.61. The van der Waals surface area contributed by atoms with Crippen molar-refractivity contribution in [2.24, 2.45) is 0 Å². The zero-order chi connectivity index (χ0) is 32.6. The summed E-state index contributed by atoms with van der Waals surface area (Å²) in [6.45, 7) is 0. The quantitative estimate of drug-likeness (QED) is 0.244. The first-order chi connectivity index (χ1) is 16.9. The van der Waals surface area contributed by atoms with E-state index in [2.05, 4.69) is 0 Å². The fourth-order valence-corrected chi connectivity index (χ4v) is 2.94. The summed E-state index contributed by atoms with van der Waals surface area (Å²) in [7, 11) is 0. The van der Waals surface area contributed by atoms with Crippen LogP contribution in [0.15, 0.2) is 0 Å². The number of rotatable bonds is 4. The molecule has 4 nitrogen and oxygen atoms in total. The van der Waals surface area contributed by atoms with Crippen molar-refractivity contribution in [2.75, 3.05) is 0 Å². The van der Waals surface area contributed by atoms with Crippen LogP contribution in [0.25, 0.3) is 0 Å². The molecule has 0 N–H and O–H groups in total. The molecule has 2 heterocycles. The summed E-state index contributed by atoms with van der Waals surface area (Å²) in [4.78, 5) is -10.6. The lowest BCUT2D eigenvalue weighted by Crippen LogP contribution is -2.91. The van der Waals surface area contributed by atoms with E-state index in [1.165, 1.54) is 9.47 Å². The van der Waals surface area contributed by atoms with Crippen molar-refractivity contribution in [2.45, 2.75) is 72.6 Å². The Bertz CT molecular complexity index is 906. The molecule has 2 saturated heterocycles. The molecule has 0 atom stereocenters. The van der Waals surface area contributed by atoms with Gasteiger partial charge in [-0.1, -0.05) is 0 Å². The summed E-state index contributed by atoms with van der Waals surface area (Å²) in [5.74, 6) is -28.4. The van der Waals surface area contributed by atoms with Gasteiger partial charge in [-0.3, -0.25) is 0 Å². The van der Waals surface area contributed by atoms with Crippen molar-refractivity contribution in [3.63, 3.8) is 0 Å². The van der Waals surface area contributed by atoms with E-state index in [1.54, 1.807) is 0 Å². The fraction of sp³-hybridized carbons (Fsp3) is 1.00. The lowest BCUT2D eigenvalue weighted by atomic mass is 9.99. The maximum absolute atomic E-state index is 15.5. The number of alkyl halides is 24. The highest BCUT2D eigenvalue weighted by Crippen LogP contribution is 2.69. The Balaban J connectivity index is 3.34. The van der Waals surface area contributed by atoms with Crippen LogP contribution in [0, 0.1) is 0 Å².